The van der Waals surface area contributed by atoms with E-state index in [1.54, 1.807) is 6.20 Å². The second-order valence-corrected chi connectivity index (χ2v) is 7.10. The number of fused-ring (bicyclic) bond motifs is 2. The van der Waals surface area contributed by atoms with Crippen molar-refractivity contribution in [2.45, 2.75) is 37.6 Å². The molecular formula is C22H22N2O. The number of hydrogen-bond donors (Lipinski definition) is 0. The summed E-state index contributed by atoms with van der Waals surface area (Å²) >= 11 is 0. The minimum absolute atomic E-state index is 0.137. The molecule has 5 rings (SSSR count). The van der Waals surface area contributed by atoms with Crippen LogP contribution in [-0.2, 0) is 4.79 Å². The van der Waals surface area contributed by atoms with E-state index in [2.05, 4.69) is 35.2 Å². The summed E-state index contributed by atoms with van der Waals surface area (Å²) in [4.78, 5) is 18.9. The number of aromatic nitrogens is 1. The lowest BCUT2D eigenvalue weighted by atomic mass is 9.77. The molecule has 0 radical (unpaired) electrons. The maximum absolute atomic E-state index is 12.6. The van der Waals surface area contributed by atoms with Gasteiger partial charge in [-0.1, -0.05) is 37.0 Å². The van der Waals surface area contributed by atoms with Crippen LogP contribution >= 0.6 is 0 Å². The summed E-state index contributed by atoms with van der Waals surface area (Å²) in [5.41, 5.74) is 4.42. The Morgan fingerprint density at radius 2 is 1.92 bits per heavy atom. The van der Waals surface area contributed by atoms with Crippen LogP contribution in [0.1, 0.15) is 42.9 Å². The van der Waals surface area contributed by atoms with Crippen LogP contribution in [-0.4, -0.2) is 28.9 Å². The molecule has 0 bridgehead atoms. The van der Waals surface area contributed by atoms with Crippen molar-refractivity contribution < 1.29 is 4.79 Å². The first-order valence-electron chi connectivity index (χ1n) is 8.99. The predicted molar refractivity (Wildman–Crippen MR) is 98.9 cm³/mol. The first kappa shape index (κ1) is 15.9. The second-order valence-electron chi connectivity index (χ2n) is 7.10. The molecule has 1 aliphatic heterocycles. The van der Waals surface area contributed by atoms with Gasteiger partial charge in [-0.15, -0.1) is 6.42 Å². The van der Waals surface area contributed by atoms with E-state index in [0.29, 0.717) is 12.0 Å². The lowest BCUT2D eigenvalue weighted by Gasteiger charge is -2.30. The van der Waals surface area contributed by atoms with Crippen molar-refractivity contribution in [3.63, 3.8) is 0 Å². The molecular weight excluding hydrogens is 308 g/mol. The molecule has 1 aromatic heterocycles. The number of likely N-dealkylation sites (N-methyl/N-ethyl adjacent to an activating group) is 1. The third-order valence-corrected chi connectivity index (χ3v) is 5.72. The van der Waals surface area contributed by atoms with Gasteiger partial charge in [-0.3, -0.25) is 9.78 Å². The molecule has 0 N–H and O–H groups in total. The van der Waals surface area contributed by atoms with Gasteiger partial charge in [0.25, 0.3) is 0 Å². The first-order chi connectivity index (χ1) is 12.2. The number of rotatable bonds is 1. The summed E-state index contributed by atoms with van der Waals surface area (Å²) in [6.07, 6.45) is 11.9. The Labute approximate surface area is 149 Å². The molecule has 3 nitrogen and oxygen atoms in total. The van der Waals surface area contributed by atoms with Gasteiger partial charge in [0.1, 0.15) is 0 Å². The SMILES string of the molecule is C#Cc1cccnc1C1C(=O)N(C)C2CCCCC12.c1cc2cc-2c1. The number of amides is 1. The summed E-state index contributed by atoms with van der Waals surface area (Å²) in [6, 6.07) is 12.6. The maximum Gasteiger partial charge on any atom is 0.232 e. The Morgan fingerprint density at radius 3 is 2.56 bits per heavy atom. The molecule has 0 spiro atoms. The zero-order valence-electron chi connectivity index (χ0n) is 14.5. The number of carbonyl (C=O) groups is 1. The molecule has 2 heterocycles. The molecule has 1 amide bonds. The van der Waals surface area contributed by atoms with Gasteiger partial charge >= 0.3 is 0 Å². The predicted octanol–water partition coefficient (Wildman–Crippen LogP) is 3.84. The molecule has 1 saturated heterocycles. The second kappa shape index (κ2) is 6.37. The third kappa shape index (κ3) is 2.82. The molecule has 3 unspecified atom stereocenters. The van der Waals surface area contributed by atoms with Crippen LogP contribution in [0, 0.1) is 18.3 Å². The molecule has 25 heavy (non-hydrogen) atoms. The summed E-state index contributed by atoms with van der Waals surface area (Å²) in [5.74, 6) is 3.10. The van der Waals surface area contributed by atoms with Crippen molar-refractivity contribution in [2.24, 2.45) is 5.92 Å². The van der Waals surface area contributed by atoms with Crippen LogP contribution < -0.4 is 0 Å². The van der Waals surface area contributed by atoms with Crippen molar-refractivity contribution >= 4 is 5.91 Å². The van der Waals surface area contributed by atoms with E-state index in [1.807, 2.05) is 24.1 Å². The normalized spacial score (nSPS) is 25.5. The van der Waals surface area contributed by atoms with E-state index < -0.39 is 0 Å². The topological polar surface area (TPSA) is 33.2 Å². The first-order valence-corrected chi connectivity index (χ1v) is 8.99. The lowest BCUT2D eigenvalue weighted by Crippen LogP contribution is -2.33. The van der Waals surface area contributed by atoms with Gasteiger partial charge < -0.3 is 4.90 Å². The van der Waals surface area contributed by atoms with Crippen molar-refractivity contribution in [1.29, 1.82) is 0 Å². The average molecular weight is 330 g/mol. The lowest BCUT2D eigenvalue weighted by molar-refractivity contribution is -0.128. The van der Waals surface area contributed by atoms with Crippen LogP contribution in [0.4, 0.5) is 0 Å². The molecule has 1 saturated carbocycles. The maximum atomic E-state index is 12.6. The summed E-state index contributed by atoms with van der Waals surface area (Å²) in [7, 11) is 1.92. The molecule has 3 atom stereocenters. The van der Waals surface area contributed by atoms with Gasteiger partial charge in [-0.05, 0) is 48.1 Å². The number of likely N-dealkylation sites (tertiary alicyclic amines) is 1. The summed E-state index contributed by atoms with van der Waals surface area (Å²) in [5, 5.41) is 0. The Bertz CT molecular complexity index is 834. The highest BCUT2D eigenvalue weighted by molar-refractivity contribution is 5.87. The fourth-order valence-electron chi connectivity index (χ4n) is 4.36. The quantitative estimate of drug-likeness (QED) is 0.635. The average Bonchev–Trinajstić information content (AvgIpc) is 3.17. The van der Waals surface area contributed by atoms with Crippen LogP contribution in [0.15, 0.2) is 42.6 Å². The van der Waals surface area contributed by atoms with E-state index >= 15 is 0 Å². The Hall–Kier alpha value is -2.60. The van der Waals surface area contributed by atoms with Gasteiger partial charge in [0.2, 0.25) is 5.91 Å². The largest absolute Gasteiger partial charge is 0.342 e. The standard InChI is InChI=1S/C16H18N2O.C6H4/c1-3-11-7-6-10-17-15(11)14-12-8-4-5-9-13(12)18(2)16(14)19;1-2-5-4-6(5)3-1/h1,6-7,10,12-14H,4-5,8-9H2,2H3;1-4H. The van der Waals surface area contributed by atoms with E-state index in [9.17, 15) is 4.79 Å². The van der Waals surface area contributed by atoms with Crippen molar-refractivity contribution in [3.05, 3.63) is 53.9 Å². The third-order valence-electron chi connectivity index (χ3n) is 5.72. The van der Waals surface area contributed by atoms with Crippen LogP contribution in [0.2, 0.25) is 0 Å². The van der Waals surface area contributed by atoms with Gasteiger partial charge in [0.15, 0.2) is 0 Å². The monoisotopic (exact) mass is 330 g/mol. The van der Waals surface area contributed by atoms with Crippen molar-refractivity contribution in [2.75, 3.05) is 7.05 Å². The number of hydrogen-bond acceptors (Lipinski definition) is 2. The van der Waals surface area contributed by atoms with Gasteiger partial charge in [0, 0.05) is 24.8 Å². The van der Waals surface area contributed by atoms with E-state index in [-0.39, 0.29) is 11.8 Å². The summed E-state index contributed by atoms with van der Waals surface area (Å²) in [6.45, 7) is 0. The van der Waals surface area contributed by atoms with E-state index in [0.717, 1.165) is 24.1 Å². The molecule has 0 aromatic carbocycles. The summed E-state index contributed by atoms with van der Waals surface area (Å²) < 4.78 is 0. The number of carbonyl (C=O) groups excluding carboxylic acids is 1. The highest BCUT2D eigenvalue weighted by Gasteiger charge is 2.48. The fourth-order valence-corrected chi connectivity index (χ4v) is 4.36. The van der Waals surface area contributed by atoms with Crippen molar-refractivity contribution in [1.82, 2.24) is 9.88 Å². The Balaban J connectivity index is 0.000000217. The zero-order chi connectivity index (χ0) is 17.4. The van der Waals surface area contributed by atoms with Crippen LogP contribution in [0.5, 0.6) is 0 Å². The minimum atomic E-state index is -0.137. The highest BCUT2D eigenvalue weighted by atomic mass is 16.2. The van der Waals surface area contributed by atoms with Gasteiger partial charge in [0.05, 0.1) is 11.6 Å². The molecule has 126 valence electrons. The van der Waals surface area contributed by atoms with Gasteiger partial charge in [-0.25, -0.2) is 0 Å². The molecule has 3 heteroatoms. The fraction of sp³-hybridized carbons (Fsp3) is 0.364. The minimum Gasteiger partial charge on any atom is -0.342 e. The number of nitrogens with zero attached hydrogens (tertiary/aromatic N) is 2. The van der Waals surface area contributed by atoms with Crippen molar-refractivity contribution in [3.8, 4) is 23.5 Å². The number of terminal acetylenes is 1. The van der Waals surface area contributed by atoms with Gasteiger partial charge in [-0.2, -0.15) is 0 Å². The molecule has 2 fully saturated rings. The molecule has 4 aliphatic rings. The molecule has 1 aromatic rings. The van der Waals surface area contributed by atoms with Crippen LogP contribution in [0.25, 0.3) is 11.1 Å². The van der Waals surface area contributed by atoms with E-state index in [4.69, 9.17) is 6.42 Å². The number of pyridine rings is 1. The molecule has 3 aliphatic carbocycles. The Morgan fingerprint density at radius 1 is 1.16 bits per heavy atom. The number of benzene rings is 1. The van der Waals surface area contributed by atoms with E-state index in [1.165, 1.54) is 24.0 Å². The highest BCUT2D eigenvalue weighted by Crippen LogP contribution is 2.45. The Kier molecular flexibility index (Phi) is 4.05. The van der Waals surface area contributed by atoms with Crippen LogP contribution in [0.3, 0.4) is 0 Å². The smallest absolute Gasteiger partial charge is 0.232 e. The zero-order valence-corrected chi connectivity index (χ0v) is 14.5.